The van der Waals surface area contributed by atoms with Crippen LogP contribution < -0.4 is 5.32 Å². The van der Waals surface area contributed by atoms with Crippen molar-refractivity contribution in [2.45, 2.75) is 45.7 Å². The molecule has 19 heavy (non-hydrogen) atoms. The van der Waals surface area contributed by atoms with E-state index < -0.39 is 0 Å². The van der Waals surface area contributed by atoms with Gasteiger partial charge < -0.3 is 5.32 Å². The topological polar surface area (TPSA) is 15.3 Å². The van der Waals surface area contributed by atoms with E-state index in [9.17, 15) is 0 Å². The van der Waals surface area contributed by atoms with Gasteiger partial charge in [0.25, 0.3) is 0 Å². The summed E-state index contributed by atoms with van der Waals surface area (Å²) in [5.41, 5.74) is 1.44. The molecule has 1 N–H and O–H groups in total. The van der Waals surface area contributed by atoms with Crippen molar-refractivity contribution in [2.75, 3.05) is 19.6 Å². The number of rotatable bonds is 6. The molecule has 1 fully saturated rings. The molecule has 0 aliphatic carbocycles. The standard InChI is InChI=1S/C17H28N2/c1-15(2)8-11-18-17-9-12-19(13-10-17)14-16-6-4-3-5-7-16/h3-7,15,17-18H,8-14H2,1-2H3. The van der Waals surface area contributed by atoms with Crippen LogP contribution in [0.5, 0.6) is 0 Å². The number of hydrogen-bond donors (Lipinski definition) is 1. The highest BCUT2D eigenvalue weighted by atomic mass is 15.1. The molecule has 0 unspecified atom stereocenters. The average Bonchev–Trinajstić information content (AvgIpc) is 2.42. The molecule has 2 nitrogen and oxygen atoms in total. The predicted molar refractivity (Wildman–Crippen MR) is 82.2 cm³/mol. The van der Waals surface area contributed by atoms with Crippen LogP contribution in [0, 0.1) is 5.92 Å². The summed E-state index contributed by atoms with van der Waals surface area (Å²) in [4.78, 5) is 2.58. The van der Waals surface area contributed by atoms with Crippen LogP contribution in [0.1, 0.15) is 38.7 Å². The molecule has 0 atom stereocenters. The van der Waals surface area contributed by atoms with Gasteiger partial charge in [-0.3, -0.25) is 4.90 Å². The van der Waals surface area contributed by atoms with E-state index >= 15 is 0 Å². The van der Waals surface area contributed by atoms with Gasteiger partial charge in [-0.2, -0.15) is 0 Å². The Morgan fingerprint density at radius 3 is 2.47 bits per heavy atom. The maximum Gasteiger partial charge on any atom is 0.0233 e. The third-order valence-electron chi connectivity index (χ3n) is 3.99. The van der Waals surface area contributed by atoms with E-state index in [0.29, 0.717) is 0 Å². The van der Waals surface area contributed by atoms with Crippen LogP contribution in [-0.4, -0.2) is 30.6 Å². The Hall–Kier alpha value is -0.860. The van der Waals surface area contributed by atoms with Crippen molar-refractivity contribution >= 4 is 0 Å². The molecule has 0 radical (unpaired) electrons. The van der Waals surface area contributed by atoms with Crippen molar-refractivity contribution in [3.63, 3.8) is 0 Å². The first-order valence-corrected chi connectivity index (χ1v) is 7.73. The lowest BCUT2D eigenvalue weighted by Crippen LogP contribution is -2.42. The fraction of sp³-hybridized carbons (Fsp3) is 0.647. The Bertz CT molecular complexity index is 340. The molecule has 1 aliphatic heterocycles. The number of benzene rings is 1. The number of nitrogens with zero attached hydrogens (tertiary/aromatic N) is 1. The lowest BCUT2D eigenvalue weighted by Gasteiger charge is -2.32. The highest BCUT2D eigenvalue weighted by molar-refractivity contribution is 5.14. The first kappa shape index (κ1) is 14.5. The van der Waals surface area contributed by atoms with Crippen LogP contribution in [0.15, 0.2) is 30.3 Å². The zero-order valence-corrected chi connectivity index (χ0v) is 12.4. The first-order valence-electron chi connectivity index (χ1n) is 7.73. The van der Waals surface area contributed by atoms with Crippen LogP contribution >= 0.6 is 0 Å². The van der Waals surface area contributed by atoms with Gasteiger partial charge in [0.05, 0.1) is 0 Å². The number of likely N-dealkylation sites (tertiary alicyclic amines) is 1. The normalized spacial score (nSPS) is 18.1. The molecule has 0 saturated carbocycles. The van der Waals surface area contributed by atoms with Crippen molar-refractivity contribution in [3.8, 4) is 0 Å². The van der Waals surface area contributed by atoms with Crippen molar-refractivity contribution < 1.29 is 0 Å². The van der Waals surface area contributed by atoms with Crippen LogP contribution in [0.4, 0.5) is 0 Å². The summed E-state index contributed by atoms with van der Waals surface area (Å²) in [6, 6.07) is 11.6. The third kappa shape index (κ3) is 5.33. The van der Waals surface area contributed by atoms with Gasteiger partial charge in [-0.05, 0) is 50.4 Å². The van der Waals surface area contributed by atoms with Crippen LogP contribution in [-0.2, 0) is 6.54 Å². The lowest BCUT2D eigenvalue weighted by molar-refractivity contribution is 0.190. The van der Waals surface area contributed by atoms with Crippen molar-refractivity contribution in [1.29, 1.82) is 0 Å². The first-order chi connectivity index (χ1) is 9.24. The molecular weight excluding hydrogens is 232 g/mol. The Morgan fingerprint density at radius 1 is 1.16 bits per heavy atom. The molecule has 0 amide bonds. The Balaban J connectivity index is 1.65. The van der Waals surface area contributed by atoms with E-state index in [0.717, 1.165) is 18.5 Å². The average molecular weight is 260 g/mol. The second-order valence-corrected chi connectivity index (χ2v) is 6.17. The summed E-state index contributed by atoms with van der Waals surface area (Å²) in [5.74, 6) is 0.811. The smallest absolute Gasteiger partial charge is 0.0233 e. The molecule has 0 bridgehead atoms. The summed E-state index contributed by atoms with van der Waals surface area (Å²) >= 11 is 0. The maximum atomic E-state index is 3.71. The quantitative estimate of drug-likeness (QED) is 0.844. The summed E-state index contributed by atoms with van der Waals surface area (Å²) < 4.78 is 0. The summed E-state index contributed by atoms with van der Waals surface area (Å²) in [6.07, 6.45) is 3.89. The van der Waals surface area contributed by atoms with Crippen molar-refractivity contribution in [1.82, 2.24) is 10.2 Å². The molecule has 106 valence electrons. The maximum absolute atomic E-state index is 3.71. The van der Waals surface area contributed by atoms with Gasteiger partial charge in [0.15, 0.2) is 0 Å². The Labute approximate surface area is 118 Å². The number of hydrogen-bond acceptors (Lipinski definition) is 2. The molecule has 1 aromatic rings. The molecule has 0 spiro atoms. The van der Waals surface area contributed by atoms with Gasteiger partial charge in [0, 0.05) is 12.6 Å². The number of piperidine rings is 1. The Morgan fingerprint density at radius 2 is 1.84 bits per heavy atom. The van der Waals surface area contributed by atoms with E-state index in [1.54, 1.807) is 0 Å². The predicted octanol–water partition coefficient (Wildman–Crippen LogP) is 3.29. The minimum atomic E-state index is 0.741. The molecule has 2 heteroatoms. The molecule has 1 saturated heterocycles. The SMILES string of the molecule is CC(C)CCNC1CCN(Cc2ccccc2)CC1. The van der Waals surface area contributed by atoms with Gasteiger partial charge in [0.2, 0.25) is 0 Å². The summed E-state index contributed by atoms with van der Waals surface area (Å²) in [7, 11) is 0. The van der Waals surface area contributed by atoms with Gasteiger partial charge in [-0.1, -0.05) is 44.2 Å². The fourth-order valence-corrected chi connectivity index (χ4v) is 2.71. The Kier molecular flexibility index (Phi) is 5.87. The third-order valence-corrected chi connectivity index (χ3v) is 3.99. The largest absolute Gasteiger partial charge is 0.314 e. The zero-order valence-electron chi connectivity index (χ0n) is 12.4. The van der Waals surface area contributed by atoms with Crippen LogP contribution in [0.3, 0.4) is 0 Å². The molecule has 2 rings (SSSR count). The highest BCUT2D eigenvalue weighted by Crippen LogP contribution is 2.14. The van der Waals surface area contributed by atoms with Gasteiger partial charge in [-0.15, -0.1) is 0 Å². The van der Waals surface area contributed by atoms with E-state index in [1.165, 1.54) is 44.5 Å². The van der Waals surface area contributed by atoms with Gasteiger partial charge in [0.1, 0.15) is 0 Å². The van der Waals surface area contributed by atoms with Crippen molar-refractivity contribution in [3.05, 3.63) is 35.9 Å². The second-order valence-electron chi connectivity index (χ2n) is 6.17. The molecule has 1 heterocycles. The zero-order chi connectivity index (χ0) is 13.5. The summed E-state index contributed by atoms with van der Waals surface area (Å²) in [6.45, 7) is 9.34. The lowest BCUT2D eigenvalue weighted by atomic mass is 10.0. The fourth-order valence-electron chi connectivity index (χ4n) is 2.71. The molecule has 1 aliphatic rings. The number of nitrogens with one attached hydrogen (secondary N) is 1. The van der Waals surface area contributed by atoms with Crippen LogP contribution in [0.2, 0.25) is 0 Å². The second kappa shape index (κ2) is 7.66. The summed E-state index contributed by atoms with van der Waals surface area (Å²) in [5, 5.41) is 3.71. The highest BCUT2D eigenvalue weighted by Gasteiger charge is 2.18. The van der Waals surface area contributed by atoms with Crippen LogP contribution in [0.25, 0.3) is 0 Å². The van der Waals surface area contributed by atoms with Crippen molar-refractivity contribution in [2.24, 2.45) is 5.92 Å². The van der Waals surface area contributed by atoms with E-state index in [4.69, 9.17) is 0 Å². The van der Waals surface area contributed by atoms with E-state index in [1.807, 2.05) is 0 Å². The minimum absolute atomic E-state index is 0.741. The molecular formula is C17H28N2. The monoisotopic (exact) mass is 260 g/mol. The van der Waals surface area contributed by atoms with E-state index in [-0.39, 0.29) is 0 Å². The van der Waals surface area contributed by atoms with E-state index in [2.05, 4.69) is 54.4 Å². The molecule has 1 aromatic carbocycles. The molecule has 0 aromatic heterocycles. The van der Waals surface area contributed by atoms with Gasteiger partial charge >= 0.3 is 0 Å². The minimum Gasteiger partial charge on any atom is -0.314 e. The van der Waals surface area contributed by atoms with Gasteiger partial charge in [-0.25, -0.2) is 0 Å².